The molecule has 0 aliphatic rings. The molecule has 0 amide bonds. The predicted octanol–water partition coefficient (Wildman–Crippen LogP) is 3.87. The van der Waals surface area contributed by atoms with Crippen molar-refractivity contribution in [1.29, 1.82) is 0 Å². The van der Waals surface area contributed by atoms with E-state index in [2.05, 4.69) is 38.4 Å². The van der Waals surface area contributed by atoms with Crippen molar-refractivity contribution >= 4 is 37.2 Å². The second-order valence-corrected chi connectivity index (χ2v) is 7.44. The zero-order valence-corrected chi connectivity index (χ0v) is 16.3. The van der Waals surface area contributed by atoms with Crippen molar-refractivity contribution in [3.63, 3.8) is 0 Å². The summed E-state index contributed by atoms with van der Waals surface area (Å²) in [6.07, 6.45) is 3.50. The Bertz CT molecular complexity index is 305. The second-order valence-electron chi connectivity index (χ2n) is 5.21. The molecular formula is C16H30O4S2. The number of hydrogen-bond donors (Lipinski definition) is 2. The summed E-state index contributed by atoms with van der Waals surface area (Å²) >= 11 is 8.09. The van der Waals surface area contributed by atoms with Gasteiger partial charge in [0, 0.05) is 0 Å². The predicted molar refractivity (Wildman–Crippen MR) is 99.8 cm³/mol. The molecule has 0 N–H and O–H groups in total. The number of hydrogen-bond acceptors (Lipinski definition) is 6. The van der Waals surface area contributed by atoms with Gasteiger partial charge in [-0.05, 0) is 41.5 Å². The summed E-state index contributed by atoms with van der Waals surface area (Å²) in [5, 5.41) is 0. The summed E-state index contributed by atoms with van der Waals surface area (Å²) in [4.78, 5) is 22.5. The third kappa shape index (κ3) is 19.1. The Morgan fingerprint density at radius 1 is 0.864 bits per heavy atom. The van der Waals surface area contributed by atoms with Gasteiger partial charge in [0.15, 0.2) is 0 Å². The molecule has 0 aromatic heterocycles. The molecule has 0 saturated carbocycles. The molecular weight excluding hydrogens is 320 g/mol. The topological polar surface area (TPSA) is 52.6 Å². The standard InChI is InChI=1S/C10H18O4S2.2C3H6/c1-9(2,15)7(11)13-5-6-14-8(12)10(3,4)16;2*1-3-2/h15-16H,5-6H2,1-4H3;2*3H,1H2,2H3. The molecule has 130 valence electrons. The van der Waals surface area contributed by atoms with Crippen LogP contribution in [0.3, 0.4) is 0 Å². The van der Waals surface area contributed by atoms with Crippen LogP contribution in [0.15, 0.2) is 25.3 Å². The molecule has 0 radical (unpaired) electrons. The average Bonchev–Trinajstić information content (AvgIpc) is 2.33. The minimum Gasteiger partial charge on any atom is -0.461 e. The first-order valence-corrected chi connectivity index (χ1v) is 7.71. The number of rotatable bonds is 5. The van der Waals surface area contributed by atoms with Crippen LogP contribution in [-0.2, 0) is 19.1 Å². The number of thiol groups is 2. The van der Waals surface area contributed by atoms with Crippen molar-refractivity contribution in [2.75, 3.05) is 13.2 Å². The Morgan fingerprint density at radius 2 is 1.05 bits per heavy atom. The lowest BCUT2D eigenvalue weighted by atomic mass is 10.2. The van der Waals surface area contributed by atoms with Crippen molar-refractivity contribution in [3.05, 3.63) is 25.3 Å². The van der Waals surface area contributed by atoms with Gasteiger partial charge in [0.05, 0.1) is 0 Å². The van der Waals surface area contributed by atoms with Crippen LogP contribution >= 0.6 is 25.3 Å². The molecule has 0 unspecified atom stereocenters. The number of allylic oxidation sites excluding steroid dienone is 2. The van der Waals surface area contributed by atoms with E-state index in [-0.39, 0.29) is 13.2 Å². The Labute approximate surface area is 146 Å². The van der Waals surface area contributed by atoms with E-state index < -0.39 is 21.4 Å². The minimum atomic E-state index is -0.840. The van der Waals surface area contributed by atoms with Gasteiger partial charge in [0.1, 0.15) is 22.7 Å². The molecule has 0 spiro atoms. The maximum absolute atomic E-state index is 11.3. The van der Waals surface area contributed by atoms with Crippen molar-refractivity contribution in [2.45, 2.75) is 51.0 Å². The fourth-order valence-electron chi connectivity index (χ4n) is 0.622. The number of esters is 2. The SMILES string of the molecule is C=CC.C=CC.CC(C)(S)C(=O)OCCOC(=O)C(C)(C)S. The van der Waals surface area contributed by atoms with Crippen molar-refractivity contribution in [2.24, 2.45) is 0 Å². The molecule has 0 aromatic carbocycles. The van der Waals surface area contributed by atoms with Gasteiger partial charge >= 0.3 is 11.9 Å². The average molecular weight is 351 g/mol. The second kappa shape index (κ2) is 13.8. The maximum Gasteiger partial charge on any atom is 0.321 e. The van der Waals surface area contributed by atoms with Crippen LogP contribution in [0.2, 0.25) is 0 Å². The maximum atomic E-state index is 11.3. The zero-order chi connectivity index (χ0) is 18.4. The first-order chi connectivity index (χ1) is 9.88. The largest absolute Gasteiger partial charge is 0.461 e. The van der Waals surface area contributed by atoms with Gasteiger partial charge in [-0.2, -0.15) is 25.3 Å². The van der Waals surface area contributed by atoms with Crippen LogP contribution in [0.25, 0.3) is 0 Å². The Hall–Kier alpha value is -0.880. The van der Waals surface area contributed by atoms with Crippen LogP contribution in [0.5, 0.6) is 0 Å². The molecule has 4 nitrogen and oxygen atoms in total. The van der Waals surface area contributed by atoms with Crippen LogP contribution < -0.4 is 0 Å². The Morgan fingerprint density at radius 3 is 1.18 bits per heavy atom. The Balaban J connectivity index is -0.000000515. The number of carbonyl (C=O) groups is 2. The summed E-state index contributed by atoms with van der Waals surface area (Å²) in [5.41, 5.74) is 0. The molecule has 22 heavy (non-hydrogen) atoms. The quantitative estimate of drug-likeness (QED) is 0.342. The summed E-state index contributed by atoms with van der Waals surface area (Å²) < 4.78 is 8.02. The fraction of sp³-hybridized carbons (Fsp3) is 0.625. The first-order valence-electron chi connectivity index (χ1n) is 6.81. The summed E-state index contributed by atoms with van der Waals surface area (Å²) in [5.74, 6) is -0.894. The lowest BCUT2D eigenvalue weighted by molar-refractivity contribution is -0.154. The van der Waals surface area contributed by atoms with E-state index in [0.717, 1.165) is 0 Å². The van der Waals surface area contributed by atoms with Crippen LogP contribution in [0.1, 0.15) is 41.5 Å². The van der Waals surface area contributed by atoms with Crippen molar-refractivity contribution in [3.8, 4) is 0 Å². The zero-order valence-electron chi connectivity index (χ0n) is 14.5. The third-order valence-electron chi connectivity index (χ3n) is 1.55. The van der Waals surface area contributed by atoms with Crippen molar-refractivity contribution < 1.29 is 19.1 Å². The Kier molecular flexibility index (Phi) is 16.3. The van der Waals surface area contributed by atoms with Gasteiger partial charge in [-0.1, -0.05) is 12.2 Å². The molecule has 0 rings (SSSR count). The molecule has 0 aromatic rings. The normalized spacial score (nSPS) is 10.0. The fourth-order valence-corrected chi connectivity index (χ4v) is 0.751. The van der Waals surface area contributed by atoms with Gasteiger partial charge in [0.2, 0.25) is 0 Å². The van der Waals surface area contributed by atoms with E-state index >= 15 is 0 Å². The number of ether oxygens (including phenoxy) is 2. The minimum absolute atomic E-state index is 0.0262. The van der Waals surface area contributed by atoms with E-state index in [1.165, 1.54) is 0 Å². The molecule has 0 atom stereocenters. The van der Waals surface area contributed by atoms with E-state index in [1.807, 2.05) is 13.8 Å². The molecule has 0 saturated heterocycles. The highest BCUT2D eigenvalue weighted by Crippen LogP contribution is 2.15. The van der Waals surface area contributed by atoms with E-state index in [1.54, 1.807) is 39.8 Å². The van der Waals surface area contributed by atoms with Crippen molar-refractivity contribution in [1.82, 2.24) is 0 Å². The number of carbonyl (C=O) groups excluding carboxylic acids is 2. The van der Waals surface area contributed by atoms with E-state index in [9.17, 15) is 9.59 Å². The lowest BCUT2D eigenvalue weighted by Crippen LogP contribution is -2.31. The lowest BCUT2D eigenvalue weighted by Gasteiger charge is -2.17. The first kappa shape index (κ1) is 26.0. The van der Waals surface area contributed by atoms with Gasteiger partial charge in [-0.25, -0.2) is 0 Å². The summed E-state index contributed by atoms with van der Waals surface area (Å²) in [6, 6.07) is 0. The molecule has 6 heteroatoms. The van der Waals surface area contributed by atoms with Crippen LogP contribution in [0, 0.1) is 0 Å². The molecule has 0 bridgehead atoms. The van der Waals surface area contributed by atoms with E-state index in [4.69, 9.17) is 9.47 Å². The highest BCUT2D eigenvalue weighted by Gasteiger charge is 2.26. The van der Waals surface area contributed by atoms with Gasteiger partial charge in [-0.15, -0.1) is 13.2 Å². The molecule has 0 aliphatic carbocycles. The van der Waals surface area contributed by atoms with Crippen LogP contribution in [0.4, 0.5) is 0 Å². The van der Waals surface area contributed by atoms with Gasteiger partial charge in [-0.3, -0.25) is 9.59 Å². The summed E-state index contributed by atoms with van der Waals surface area (Å²) in [7, 11) is 0. The summed E-state index contributed by atoms with van der Waals surface area (Å²) in [6.45, 7) is 17.1. The highest BCUT2D eigenvalue weighted by molar-refractivity contribution is 7.82. The molecule has 0 fully saturated rings. The van der Waals surface area contributed by atoms with Gasteiger partial charge in [0.25, 0.3) is 0 Å². The highest BCUT2D eigenvalue weighted by atomic mass is 32.1. The van der Waals surface area contributed by atoms with Crippen LogP contribution in [-0.4, -0.2) is 34.6 Å². The molecule has 0 heterocycles. The monoisotopic (exact) mass is 350 g/mol. The third-order valence-corrected chi connectivity index (χ3v) is 1.91. The van der Waals surface area contributed by atoms with E-state index in [0.29, 0.717) is 0 Å². The smallest absolute Gasteiger partial charge is 0.321 e. The molecule has 0 aliphatic heterocycles. The van der Waals surface area contributed by atoms with Gasteiger partial charge < -0.3 is 9.47 Å².